The highest BCUT2D eigenvalue weighted by atomic mass is 17.1. The van der Waals surface area contributed by atoms with Crippen LogP contribution in [0.2, 0.25) is 0 Å². The lowest BCUT2D eigenvalue weighted by atomic mass is 10.5. The van der Waals surface area contributed by atoms with Crippen LogP contribution in [0.3, 0.4) is 0 Å². The molecule has 44 valence electrons. The number of hydrogen-bond donors (Lipinski definition) is 4. The van der Waals surface area contributed by atoms with E-state index in [0.29, 0.717) is 0 Å². The molecule has 0 saturated carbocycles. The van der Waals surface area contributed by atoms with E-state index in [1.807, 2.05) is 0 Å². The maximum absolute atomic E-state index is 8.29. The van der Waals surface area contributed by atoms with Crippen molar-refractivity contribution in [3.63, 3.8) is 0 Å². The zero-order chi connectivity index (χ0) is 5.91. The molecule has 0 amide bonds. The molecule has 0 atom stereocenters. The predicted octanol–water partition coefficient (Wildman–Crippen LogP) is -1.96. The number of nitrogens with two attached hydrogens (primary N) is 2. The Morgan fingerprint density at radius 3 is 2.00 bits per heavy atom. The summed E-state index contributed by atoms with van der Waals surface area (Å²) in [6.07, 6.45) is 0. The Morgan fingerprint density at radius 1 is 1.57 bits per heavy atom. The minimum Gasteiger partial charge on any atom is -0.361 e. The molecule has 0 heterocycles. The van der Waals surface area contributed by atoms with Crippen LogP contribution in [-0.2, 0) is 4.89 Å². The van der Waals surface area contributed by atoms with Gasteiger partial charge in [0.05, 0.1) is 0 Å². The number of rotatable bonds is 2. The minimum atomic E-state index is -1.92. The van der Waals surface area contributed by atoms with Crippen LogP contribution in [0, 0.1) is 0 Å². The summed E-state index contributed by atoms with van der Waals surface area (Å²) in [6, 6.07) is 0. The molecule has 0 saturated heterocycles. The molecule has 0 bridgehead atoms. The van der Waals surface area contributed by atoms with Crippen LogP contribution in [0.5, 0.6) is 0 Å². The van der Waals surface area contributed by atoms with Gasteiger partial charge >= 0.3 is 0 Å². The van der Waals surface area contributed by atoms with E-state index in [1.165, 1.54) is 0 Å². The molecule has 0 rings (SSSR count). The fourth-order valence-electron chi connectivity index (χ4n) is 0.103. The first kappa shape index (κ1) is 6.80. The summed E-state index contributed by atoms with van der Waals surface area (Å²) in [5, 5.41) is 15.9. The predicted molar refractivity (Wildman–Crippen MR) is 21.9 cm³/mol. The first-order valence-corrected chi connectivity index (χ1v) is 1.63. The zero-order valence-electron chi connectivity index (χ0n) is 3.66. The topological polar surface area (TPSA) is 102 Å². The Labute approximate surface area is 40.4 Å². The van der Waals surface area contributed by atoms with Gasteiger partial charge in [0, 0.05) is 0 Å². The second-order valence-corrected chi connectivity index (χ2v) is 1.26. The summed E-state index contributed by atoms with van der Waals surface area (Å²) in [7, 11) is 0. The van der Waals surface area contributed by atoms with Crippen molar-refractivity contribution in [3.05, 3.63) is 0 Å². The lowest BCUT2D eigenvalue weighted by Crippen LogP contribution is -2.52. The van der Waals surface area contributed by atoms with E-state index in [9.17, 15) is 0 Å². The van der Waals surface area contributed by atoms with E-state index < -0.39 is 12.5 Å². The van der Waals surface area contributed by atoms with E-state index in [0.717, 1.165) is 0 Å². The third-order valence-corrected chi connectivity index (χ3v) is 0.296. The molecular formula is C2H8N2O3. The molecule has 6 N–H and O–H groups in total. The van der Waals surface area contributed by atoms with E-state index in [1.54, 1.807) is 0 Å². The SMILES string of the molecule is NC(N)(O)COO. The van der Waals surface area contributed by atoms with Crippen molar-refractivity contribution in [1.82, 2.24) is 0 Å². The Hall–Kier alpha value is -0.200. The normalized spacial score (nSPS) is 12.0. The summed E-state index contributed by atoms with van der Waals surface area (Å²) < 4.78 is 0. The number of aliphatic hydroxyl groups is 1. The van der Waals surface area contributed by atoms with Crippen LogP contribution >= 0.6 is 0 Å². The van der Waals surface area contributed by atoms with Crippen molar-refractivity contribution in [2.75, 3.05) is 6.61 Å². The Morgan fingerprint density at radius 2 is 2.00 bits per heavy atom. The Balaban J connectivity index is 3.15. The molecule has 0 unspecified atom stereocenters. The second kappa shape index (κ2) is 2.20. The van der Waals surface area contributed by atoms with E-state index in [-0.39, 0.29) is 0 Å². The summed E-state index contributed by atoms with van der Waals surface area (Å²) in [6.45, 7) is -0.493. The van der Waals surface area contributed by atoms with Gasteiger partial charge < -0.3 is 5.11 Å². The van der Waals surface area contributed by atoms with Crippen molar-refractivity contribution in [3.8, 4) is 0 Å². The average Bonchev–Trinajstić information content (AvgIpc) is 1.30. The summed E-state index contributed by atoms with van der Waals surface area (Å²) in [5.41, 5.74) is 9.39. The minimum absolute atomic E-state index is 0.493. The molecule has 0 aliphatic rings. The van der Waals surface area contributed by atoms with Gasteiger partial charge in [0.15, 0.2) is 5.85 Å². The van der Waals surface area contributed by atoms with Crippen LogP contribution in [0.1, 0.15) is 0 Å². The maximum atomic E-state index is 8.29. The smallest absolute Gasteiger partial charge is 0.194 e. The first-order chi connectivity index (χ1) is 3.06. The van der Waals surface area contributed by atoms with E-state index in [2.05, 4.69) is 4.89 Å². The summed E-state index contributed by atoms with van der Waals surface area (Å²) >= 11 is 0. The van der Waals surface area contributed by atoms with E-state index in [4.69, 9.17) is 21.8 Å². The van der Waals surface area contributed by atoms with Crippen LogP contribution < -0.4 is 11.5 Å². The van der Waals surface area contributed by atoms with Gasteiger partial charge in [-0.15, -0.1) is 0 Å². The second-order valence-electron chi connectivity index (χ2n) is 1.26. The molecule has 0 radical (unpaired) electrons. The van der Waals surface area contributed by atoms with Gasteiger partial charge in [-0.05, 0) is 0 Å². The van der Waals surface area contributed by atoms with Gasteiger partial charge in [0.25, 0.3) is 0 Å². The molecule has 0 aliphatic heterocycles. The highest BCUT2D eigenvalue weighted by Crippen LogP contribution is 1.79. The standard InChI is InChI=1S/C2H8N2O3/c3-2(4,5)1-7-6/h5-6H,1,3-4H2. The third-order valence-electron chi connectivity index (χ3n) is 0.296. The molecule has 0 aromatic rings. The van der Waals surface area contributed by atoms with Gasteiger partial charge in [0.1, 0.15) is 6.61 Å². The largest absolute Gasteiger partial charge is 0.361 e. The van der Waals surface area contributed by atoms with Gasteiger partial charge in [-0.25, -0.2) is 4.89 Å². The molecule has 5 heteroatoms. The molecule has 0 aromatic carbocycles. The lowest BCUT2D eigenvalue weighted by Gasteiger charge is -2.12. The van der Waals surface area contributed by atoms with Crippen LogP contribution in [0.15, 0.2) is 0 Å². The first-order valence-electron chi connectivity index (χ1n) is 1.63. The monoisotopic (exact) mass is 108 g/mol. The molecule has 0 aromatic heterocycles. The van der Waals surface area contributed by atoms with E-state index >= 15 is 0 Å². The Bertz CT molecular complexity index is 49.4. The maximum Gasteiger partial charge on any atom is 0.194 e. The quantitative estimate of drug-likeness (QED) is 0.187. The molecule has 0 fully saturated rings. The van der Waals surface area contributed by atoms with Crippen molar-refractivity contribution in [2.24, 2.45) is 11.5 Å². The van der Waals surface area contributed by atoms with Gasteiger partial charge in [-0.3, -0.25) is 16.7 Å². The van der Waals surface area contributed by atoms with Crippen LogP contribution in [0.4, 0.5) is 0 Å². The highest BCUT2D eigenvalue weighted by Gasteiger charge is 2.12. The lowest BCUT2D eigenvalue weighted by molar-refractivity contribution is -0.271. The van der Waals surface area contributed by atoms with Crippen LogP contribution in [-0.4, -0.2) is 22.8 Å². The number of hydrogen-bond acceptors (Lipinski definition) is 5. The summed E-state index contributed by atoms with van der Waals surface area (Å²) in [5.74, 6) is -1.92. The Kier molecular flexibility index (Phi) is 2.13. The third kappa shape index (κ3) is 5.80. The van der Waals surface area contributed by atoms with Gasteiger partial charge in [-0.1, -0.05) is 0 Å². The molecule has 7 heavy (non-hydrogen) atoms. The van der Waals surface area contributed by atoms with Crippen molar-refractivity contribution >= 4 is 0 Å². The summed E-state index contributed by atoms with van der Waals surface area (Å²) in [4.78, 5) is 3.41. The molecule has 0 spiro atoms. The zero-order valence-corrected chi connectivity index (χ0v) is 3.66. The molecular weight excluding hydrogens is 100 g/mol. The van der Waals surface area contributed by atoms with Gasteiger partial charge in [0.2, 0.25) is 0 Å². The van der Waals surface area contributed by atoms with Gasteiger partial charge in [-0.2, -0.15) is 0 Å². The fourth-order valence-corrected chi connectivity index (χ4v) is 0.103. The fraction of sp³-hybridized carbons (Fsp3) is 1.00. The van der Waals surface area contributed by atoms with Crippen molar-refractivity contribution in [2.45, 2.75) is 5.85 Å². The van der Waals surface area contributed by atoms with Crippen LogP contribution in [0.25, 0.3) is 0 Å². The average molecular weight is 108 g/mol. The molecule has 5 nitrogen and oxygen atoms in total. The van der Waals surface area contributed by atoms with Crippen molar-refractivity contribution < 1.29 is 15.3 Å². The molecule has 0 aliphatic carbocycles. The highest BCUT2D eigenvalue weighted by molar-refractivity contribution is 4.55. The van der Waals surface area contributed by atoms with Crippen molar-refractivity contribution in [1.29, 1.82) is 0 Å².